The van der Waals surface area contributed by atoms with E-state index in [4.69, 9.17) is 15.0 Å². The first-order chi connectivity index (χ1) is 46.9. The van der Waals surface area contributed by atoms with Crippen LogP contribution in [0, 0.1) is 28.6 Å². The quantitative estimate of drug-likeness (QED) is 0.100. The van der Waals surface area contributed by atoms with E-state index >= 15 is 0 Å². The van der Waals surface area contributed by atoms with Crippen molar-refractivity contribution in [1.82, 2.24) is 33.2 Å². The maximum Gasteiger partial charge on any atom is 0.160 e. The predicted molar refractivity (Wildman–Crippen MR) is 394 cm³/mol. The van der Waals surface area contributed by atoms with Crippen molar-refractivity contribution in [3.63, 3.8) is 0 Å². The lowest BCUT2D eigenvalue weighted by Crippen LogP contribution is -2.01. The molecule has 1 aliphatic carbocycles. The summed E-state index contributed by atoms with van der Waals surface area (Å²) in [5.74, 6) is 2.06. The third-order valence-electron chi connectivity index (χ3n) is 18.1. The number of hydrogen-bond donors (Lipinski definition) is 0. The molecule has 0 amide bonds. The molecule has 16 aromatic rings. The largest absolute Gasteiger partial charge is 0.309 e. The van der Waals surface area contributed by atoms with Crippen LogP contribution in [0.15, 0.2) is 297 Å². The first-order valence-corrected chi connectivity index (χ1v) is 32.5. The van der Waals surface area contributed by atoms with Crippen molar-refractivity contribution in [2.45, 2.75) is 40.5 Å². The summed E-state index contributed by atoms with van der Waals surface area (Å²) >= 11 is 0. The Kier molecular flexibility index (Phi) is 15.7. The van der Waals surface area contributed by atoms with Gasteiger partial charge in [-0.3, -0.25) is 4.57 Å². The van der Waals surface area contributed by atoms with Gasteiger partial charge in [0.1, 0.15) is 5.82 Å². The molecule has 454 valence electrons. The van der Waals surface area contributed by atoms with E-state index in [-0.39, 0.29) is 0 Å². The van der Waals surface area contributed by atoms with E-state index in [0.29, 0.717) is 29.3 Å². The van der Waals surface area contributed by atoms with Crippen LogP contribution < -0.4 is 0 Å². The Morgan fingerprint density at radius 3 is 1.58 bits per heavy atom. The molecule has 0 saturated heterocycles. The van der Waals surface area contributed by atoms with Crippen molar-refractivity contribution in [2.24, 2.45) is 5.92 Å². The van der Waals surface area contributed by atoms with Crippen molar-refractivity contribution in [1.29, 1.82) is 10.5 Å². The summed E-state index contributed by atoms with van der Waals surface area (Å²) in [6.45, 7) is 8.14. The van der Waals surface area contributed by atoms with Crippen molar-refractivity contribution in [3.8, 4) is 63.2 Å². The average molecular weight is 1220 g/mol. The lowest BCUT2D eigenvalue weighted by atomic mass is 10.0. The predicted octanol–water partition coefficient (Wildman–Crippen LogP) is 21.9. The number of allylic oxidation sites excluding steroid dienone is 8. The summed E-state index contributed by atoms with van der Waals surface area (Å²) < 4.78 is 9.52. The minimum Gasteiger partial charge on any atom is -0.309 e. The summed E-state index contributed by atoms with van der Waals surface area (Å²) in [6, 6.07) is 93.4. The van der Waals surface area contributed by atoms with Crippen LogP contribution in [0.4, 0.5) is 0 Å². The van der Waals surface area contributed by atoms with E-state index in [2.05, 4.69) is 256 Å². The number of pyridine rings is 1. The Hall–Kier alpha value is -12.4. The fourth-order valence-electron chi connectivity index (χ4n) is 13.7. The molecule has 0 radical (unpaired) electrons. The molecule has 6 heterocycles. The molecule has 17 rings (SSSR count). The van der Waals surface area contributed by atoms with Gasteiger partial charge in [0, 0.05) is 94.5 Å². The number of fused-ring (bicyclic) bond motifs is 14. The number of hydrogen-bond acceptors (Lipinski definition) is 5. The fraction of sp³-hybridized carbons (Fsp3) is 0.0814. The van der Waals surface area contributed by atoms with Crippen LogP contribution >= 0.6 is 0 Å². The third kappa shape index (κ3) is 10.5. The zero-order chi connectivity index (χ0) is 64.5. The standard InChI is InChI=1S/C48H33N5.C36H26N4.C2H6/c1-31-15-23-37(24-16-31)53-43-13-7-5-11-38(43)39-27-28-45-46(47(39)53)40-12-6-8-14-44(40)52(45)36-25-21-35(22-26-36)48-50-41(33-9-3-2-4-10-33)29-42(51-48)34-19-17-32(30-49)18-20-34;1-2-25(24-37)12-10-13-26-14-11-21-34(38-26)40-32-20-9-7-18-30(32)35-33(40)23-22-29-28-17-6-8-19-31(28)39(36(29)35)27-15-4-3-5-16-27;1-2/h2-15,17-29,31H,16H2,1H3;2-12,14-23H,13H2,1H3;1-2H3/b;12-10-,25-2+;. The van der Waals surface area contributed by atoms with E-state index in [0.717, 1.165) is 79.5 Å². The van der Waals surface area contributed by atoms with Gasteiger partial charge in [0.05, 0.1) is 73.2 Å². The van der Waals surface area contributed by atoms with Gasteiger partial charge in [-0.25, -0.2) is 15.0 Å². The van der Waals surface area contributed by atoms with Crippen molar-refractivity contribution >= 4 is 92.9 Å². The zero-order valence-electron chi connectivity index (χ0n) is 53.2. The van der Waals surface area contributed by atoms with Gasteiger partial charge in [-0.15, -0.1) is 0 Å². The number of para-hydroxylation sites is 5. The maximum absolute atomic E-state index is 9.36. The smallest absolute Gasteiger partial charge is 0.160 e. The Labute approximate surface area is 551 Å². The van der Waals surface area contributed by atoms with E-state index in [1.165, 1.54) is 70.9 Å². The fourth-order valence-corrected chi connectivity index (χ4v) is 13.7. The summed E-state index contributed by atoms with van der Waals surface area (Å²) in [5.41, 5.74) is 19.6. The third-order valence-corrected chi connectivity index (χ3v) is 18.1. The molecule has 0 bridgehead atoms. The molecule has 1 aliphatic rings. The van der Waals surface area contributed by atoms with Gasteiger partial charge in [0.15, 0.2) is 5.82 Å². The summed E-state index contributed by atoms with van der Waals surface area (Å²) in [6.07, 6.45) is 14.3. The lowest BCUT2D eigenvalue weighted by molar-refractivity contribution is 0.735. The Bertz CT molecular complexity index is 5840. The molecule has 9 heteroatoms. The van der Waals surface area contributed by atoms with Gasteiger partial charge in [-0.05, 0) is 135 Å². The maximum atomic E-state index is 9.36. The molecule has 95 heavy (non-hydrogen) atoms. The molecule has 6 aromatic heterocycles. The van der Waals surface area contributed by atoms with Crippen LogP contribution in [0.3, 0.4) is 0 Å². The summed E-state index contributed by atoms with van der Waals surface area (Å²) in [7, 11) is 0. The highest BCUT2D eigenvalue weighted by Gasteiger charge is 2.24. The van der Waals surface area contributed by atoms with Gasteiger partial charge in [-0.1, -0.05) is 197 Å². The number of benzene rings is 10. The Morgan fingerprint density at radius 2 is 0.989 bits per heavy atom. The number of aromatic nitrogens is 7. The van der Waals surface area contributed by atoms with Crippen LogP contribution in [-0.4, -0.2) is 33.2 Å². The zero-order valence-corrected chi connectivity index (χ0v) is 53.2. The minimum absolute atomic E-state index is 0.533. The van der Waals surface area contributed by atoms with E-state index in [9.17, 15) is 10.5 Å². The monoisotopic (exact) mass is 1220 g/mol. The molecule has 9 nitrogen and oxygen atoms in total. The first kappa shape index (κ1) is 58.9. The molecule has 0 fully saturated rings. The van der Waals surface area contributed by atoms with Crippen molar-refractivity contribution in [2.75, 3.05) is 0 Å². The molecular formula is C86H65N9. The number of nitrogens with zero attached hydrogens (tertiary/aromatic N) is 9. The number of nitriles is 2. The lowest BCUT2D eigenvalue weighted by Gasteiger charge is -2.16. The van der Waals surface area contributed by atoms with Crippen LogP contribution in [0.2, 0.25) is 0 Å². The molecule has 0 aliphatic heterocycles. The highest BCUT2D eigenvalue weighted by Crippen LogP contribution is 2.45. The van der Waals surface area contributed by atoms with Gasteiger partial charge < -0.3 is 13.7 Å². The first-order valence-electron chi connectivity index (χ1n) is 32.5. The molecule has 0 N–H and O–H groups in total. The van der Waals surface area contributed by atoms with Crippen LogP contribution in [-0.2, 0) is 6.42 Å². The van der Waals surface area contributed by atoms with Gasteiger partial charge >= 0.3 is 0 Å². The number of rotatable bonds is 10. The topological polar surface area (TPSA) is 106 Å². The van der Waals surface area contributed by atoms with Crippen LogP contribution in [0.5, 0.6) is 0 Å². The SMILES string of the molecule is C/C=C(C#N)\C=C/Cc1cccc(-n2c3ccccc3c3c2ccc2c4ccccc4n(-c4ccccc4)c23)n1.CC.CC1C=CC(n2c3ccccc3c3ccc4c(c5ccccc5n4-c4ccc(-c5nc(-c6ccccc6)cc(-c6ccc(C#N)cc6)n5)cc4)c32)=CC1. The Balaban J connectivity index is 0.000000158. The van der Waals surface area contributed by atoms with Crippen LogP contribution in [0.1, 0.15) is 45.4 Å². The molecule has 1 unspecified atom stereocenters. The highest BCUT2D eigenvalue weighted by molar-refractivity contribution is 6.28. The van der Waals surface area contributed by atoms with Crippen molar-refractivity contribution in [3.05, 3.63) is 308 Å². The summed E-state index contributed by atoms with van der Waals surface area (Å²) in [4.78, 5) is 15.2. The molecule has 10 aromatic carbocycles. The Morgan fingerprint density at radius 1 is 0.474 bits per heavy atom. The summed E-state index contributed by atoms with van der Waals surface area (Å²) in [5, 5.41) is 28.5. The second-order valence-corrected chi connectivity index (χ2v) is 23.7. The molecule has 0 spiro atoms. The molecular weight excluding hydrogens is 1160 g/mol. The molecule has 0 saturated carbocycles. The van der Waals surface area contributed by atoms with Crippen molar-refractivity contribution < 1.29 is 0 Å². The second kappa shape index (κ2) is 25.3. The van der Waals surface area contributed by atoms with E-state index in [1.54, 1.807) is 0 Å². The van der Waals surface area contributed by atoms with E-state index < -0.39 is 0 Å². The second-order valence-electron chi connectivity index (χ2n) is 23.7. The van der Waals surface area contributed by atoms with Gasteiger partial charge in [0.2, 0.25) is 0 Å². The molecule has 1 atom stereocenters. The average Bonchev–Trinajstić information content (AvgIpc) is 1.56. The minimum atomic E-state index is 0.533. The highest BCUT2D eigenvalue weighted by atomic mass is 15.1. The van der Waals surface area contributed by atoms with E-state index in [1.807, 2.05) is 93.6 Å². The normalized spacial score (nSPS) is 13.2. The van der Waals surface area contributed by atoms with Gasteiger partial charge in [-0.2, -0.15) is 10.5 Å². The van der Waals surface area contributed by atoms with Gasteiger partial charge in [0.25, 0.3) is 0 Å². The van der Waals surface area contributed by atoms with Crippen LogP contribution in [0.25, 0.3) is 144 Å².